The zero-order valence-corrected chi connectivity index (χ0v) is 12.9. The standard InChI is InChI=1S/C17H26N2O/c1-13-4-5-14(2)16(12-13)17(20)19-10-7-15(8-11-19)6-9-18-3/h4-5,12,15,18H,6-11H2,1-3H3. The summed E-state index contributed by atoms with van der Waals surface area (Å²) in [5.74, 6) is 0.975. The zero-order chi connectivity index (χ0) is 14.5. The van der Waals surface area contributed by atoms with Gasteiger partial charge in [-0.1, -0.05) is 17.7 Å². The van der Waals surface area contributed by atoms with E-state index in [0.717, 1.165) is 55.1 Å². The lowest BCUT2D eigenvalue weighted by molar-refractivity contribution is 0.0686. The van der Waals surface area contributed by atoms with Crippen LogP contribution in [-0.4, -0.2) is 37.5 Å². The normalized spacial score (nSPS) is 16.4. The van der Waals surface area contributed by atoms with Crippen LogP contribution in [0.3, 0.4) is 0 Å². The highest BCUT2D eigenvalue weighted by atomic mass is 16.2. The maximum atomic E-state index is 12.6. The minimum atomic E-state index is 0.207. The molecule has 1 aromatic carbocycles. The zero-order valence-electron chi connectivity index (χ0n) is 12.9. The SMILES string of the molecule is CNCCC1CCN(C(=O)c2cc(C)ccc2C)CC1. The summed E-state index contributed by atoms with van der Waals surface area (Å²) in [5, 5.41) is 3.21. The van der Waals surface area contributed by atoms with E-state index in [1.54, 1.807) is 0 Å². The molecule has 20 heavy (non-hydrogen) atoms. The second kappa shape index (κ2) is 6.89. The second-order valence-electron chi connectivity index (χ2n) is 5.95. The Hall–Kier alpha value is -1.35. The Morgan fingerprint density at radius 2 is 2.00 bits per heavy atom. The van der Waals surface area contributed by atoms with E-state index in [2.05, 4.69) is 11.4 Å². The number of rotatable bonds is 4. The smallest absolute Gasteiger partial charge is 0.254 e. The topological polar surface area (TPSA) is 32.3 Å². The fourth-order valence-electron chi connectivity index (χ4n) is 2.91. The molecule has 3 nitrogen and oxygen atoms in total. The van der Waals surface area contributed by atoms with Crippen LogP contribution in [0.25, 0.3) is 0 Å². The van der Waals surface area contributed by atoms with E-state index >= 15 is 0 Å². The molecule has 1 heterocycles. The maximum Gasteiger partial charge on any atom is 0.254 e. The number of nitrogens with one attached hydrogen (secondary N) is 1. The molecule has 1 N–H and O–H groups in total. The van der Waals surface area contributed by atoms with Crippen molar-refractivity contribution in [3.05, 3.63) is 34.9 Å². The molecular formula is C17H26N2O. The molecule has 110 valence electrons. The highest BCUT2D eigenvalue weighted by Gasteiger charge is 2.24. The summed E-state index contributed by atoms with van der Waals surface area (Å²) in [6, 6.07) is 6.13. The van der Waals surface area contributed by atoms with Crippen LogP contribution in [0.4, 0.5) is 0 Å². The Morgan fingerprint density at radius 1 is 1.30 bits per heavy atom. The summed E-state index contributed by atoms with van der Waals surface area (Å²) in [6.07, 6.45) is 3.50. The average molecular weight is 274 g/mol. The molecule has 0 bridgehead atoms. The highest BCUT2D eigenvalue weighted by molar-refractivity contribution is 5.95. The lowest BCUT2D eigenvalue weighted by Crippen LogP contribution is -2.39. The molecular weight excluding hydrogens is 248 g/mol. The van der Waals surface area contributed by atoms with Gasteiger partial charge in [-0.15, -0.1) is 0 Å². The van der Waals surface area contributed by atoms with Crippen molar-refractivity contribution in [1.82, 2.24) is 10.2 Å². The number of nitrogens with zero attached hydrogens (tertiary/aromatic N) is 1. The van der Waals surface area contributed by atoms with Gasteiger partial charge in [0.05, 0.1) is 0 Å². The molecule has 1 aromatic rings. The van der Waals surface area contributed by atoms with Crippen LogP contribution < -0.4 is 5.32 Å². The molecule has 2 rings (SSSR count). The van der Waals surface area contributed by atoms with Gasteiger partial charge in [0, 0.05) is 18.7 Å². The fourth-order valence-corrected chi connectivity index (χ4v) is 2.91. The number of likely N-dealkylation sites (tertiary alicyclic amines) is 1. The lowest BCUT2D eigenvalue weighted by atomic mass is 9.93. The van der Waals surface area contributed by atoms with Crippen molar-refractivity contribution in [2.45, 2.75) is 33.1 Å². The van der Waals surface area contributed by atoms with Crippen LogP contribution in [0, 0.1) is 19.8 Å². The van der Waals surface area contributed by atoms with Crippen LogP contribution in [0.5, 0.6) is 0 Å². The van der Waals surface area contributed by atoms with Gasteiger partial charge in [-0.25, -0.2) is 0 Å². The number of benzene rings is 1. The van der Waals surface area contributed by atoms with Crippen molar-refractivity contribution < 1.29 is 4.79 Å². The van der Waals surface area contributed by atoms with E-state index in [9.17, 15) is 4.79 Å². The molecule has 3 heteroatoms. The number of hydrogen-bond acceptors (Lipinski definition) is 2. The molecule has 0 spiro atoms. The second-order valence-corrected chi connectivity index (χ2v) is 5.95. The van der Waals surface area contributed by atoms with Gasteiger partial charge < -0.3 is 10.2 Å². The van der Waals surface area contributed by atoms with Gasteiger partial charge in [-0.2, -0.15) is 0 Å². The van der Waals surface area contributed by atoms with E-state index in [0.29, 0.717) is 0 Å². The summed E-state index contributed by atoms with van der Waals surface area (Å²) in [6.45, 7) is 6.95. The molecule has 0 radical (unpaired) electrons. The average Bonchev–Trinajstić information content (AvgIpc) is 2.47. The number of aryl methyl sites for hydroxylation is 2. The summed E-state index contributed by atoms with van der Waals surface area (Å²) < 4.78 is 0. The largest absolute Gasteiger partial charge is 0.339 e. The number of amides is 1. The summed E-state index contributed by atoms with van der Waals surface area (Å²) in [5.41, 5.74) is 3.11. The van der Waals surface area contributed by atoms with Crippen molar-refractivity contribution in [3.8, 4) is 0 Å². The van der Waals surface area contributed by atoms with Crippen molar-refractivity contribution in [2.24, 2.45) is 5.92 Å². The Labute approximate surface area is 122 Å². The fraction of sp³-hybridized carbons (Fsp3) is 0.588. The Kier molecular flexibility index (Phi) is 5.18. The van der Waals surface area contributed by atoms with Crippen molar-refractivity contribution in [3.63, 3.8) is 0 Å². The monoisotopic (exact) mass is 274 g/mol. The molecule has 0 saturated carbocycles. The number of hydrogen-bond donors (Lipinski definition) is 1. The van der Waals surface area contributed by atoms with Crippen LogP contribution in [0.1, 0.15) is 40.7 Å². The molecule has 0 aliphatic carbocycles. The third-order valence-electron chi connectivity index (χ3n) is 4.33. The highest BCUT2D eigenvalue weighted by Crippen LogP contribution is 2.22. The summed E-state index contributed by atoms with van der Waals surface area (Å²) >= 11 is 0. The van der Waals surface area contributed by atoms with Crippen LogP contribution in [0.2, 0.25) is 0 Å². The van der Waals surface area contributed by atoms with Gasteiger partial charge in [0.25, 0.3) is 5.91 Å². The van der Waals surface area contributed by atoms with Gasteiger partial charge in [0.2, 0.25) is 0 Å². The molecule has 1 fully saturated rings. The lowest BCUT2D eigenvalue weighted by Gasteiger charge is -2.32. The Morgan fingerprint density at radius 3 is 2.65 bits per heavy atom. The Bertz CT molecular complexity index is 462. The Balaban J connectivity index is 1.96. The van der Waals surface area contributed by atoms with Gasteiger partial charge in [0.1, 0.15) is 0 Å². The number of carbonyl (C=O) groups excluding carboxylic acids is 1. The van der Waals surface area contributed by atoms with Crippen LogP contribution >= 0.6 is 0 Å². The predicted molar refractivity (Wildman–Crippen MR) is 83.1 cm³/mol. The van der Waals surface area contributed by atoms with E-state index in [1.165, 1.54) is 6.42 Å². The first-order valence-corrected chi connectivity index (χ1v) is 7.63. The summed E-state index contributed by atoms with van der Waals surface area (Å²) in [7, 11) is 2.00. The van der Waals surface area contributed by atoms with E-state index in [4.69, 9.17) is 0 Å². The van der Waals surface area contributed by atoms with Crippen molar-refractivity contribution in [2.75, 3.05) is 26.7 Å². The van der Waals surface area contributed by atoms with E-state index in [1.807, 2.05) is 37.9 Å². The first kappa shape index (κ1) is 15.0. The molecule has 1 amide bonds. The first-order valence-electron chi connectivity index (χ1n) is 7.63. The minimum absolute atomic E-state index is 0.207. The maximum absolute atomic E-state index is 12.6. The molecule has 0 aromatic heterocycles. The van der Waals surface area contributed by atoms with Gasteiger partial charge in [-0.3, -0.25) is 4.79 Å². The van der Waals surface area contributed by atoms with Gasteiger partial charge in [0.15, 0.2) is 0 Å². The molecule has 0 atom stereocenters. The first-order chi connectivity index (χ1) is 9.61. The predicted octanol–water partition coefficient (Wildman–Crippen LogP) is 2.77. The van der Waals surface area contributed by atoms with E-state index < -0.39 is 0 Å². The number of carbonyl (C=O) groups is 1. The van der Waals surface area contributed by atoms with Crippen LogP contribution in [-0.2, 0) is 0 Å². The summed E-state index contributed by atoms with van der Waals surface area (Å²) in [4.78, 5) is 14.6. The molecule has 1 aliphatic heterocycles. The van der Waals surface area contributed by atoms with E-state index in [-0.39, 0.29) is 5.91 Å². The van der Waals surface area contributed by atoms with Crippen molar-refractivity contribution in [1.29, 1.82) is 0 Å². The van der Waals surface area contributed by atoms with Gasteiger partial charge in [-0.05, 0) is 64.3 Å². The van der Waals surface area contributed by atoms with Crippen LogP contribution in [0.15, 0.2) is 18.2 Å². The van der Waals surface area contributed by atoms with Gasteiger partial charge >= 0.3 is 0 Å². The quantitative estimate of drug-likeness (QED) is 0.915. The third-order valence-corrected chi connectivity index (χ3v) is 4.33. The molecule has 1 aliphatic rings. The molecule has 0 unspecified atom stereocenters. The molecule has 1 saturated heterocycles. The number of piperidine rings is 1. The van der Waals surface area contributed by atoms with Crippen molar-refractivity contribution >= 4 is 5.91 Å². The third kappa shape index (κ3) is 3.60. The minimum Gasteiger partial charge on any atom is -0.339 e.